The van der Waals surface area contributed by atoms with Gasteiger partial charge in [-0.1, -0.05) is 6.07 Å². The highest BCUT2D eigenvalue weighted by molar-refractivity contribution is 5.93. The van der Waals surface area contributed by atoms with Crippen LogP contribution < -0.4 is 10.6 Å². The summed E-state index contributed by atoms with van der Waals surface area (Å²) in [5.74, 6) is -1.93. The van der Waals surface area contributed by atoms with Gasteiger partial charge in [-0.2, -0.15) is 0 Å². The molecule has 1 aromatic carbocycles. The monoisotopic (exact) mass is 362 g/mol. The molecule has 0 unspecified atom stereocenters. The van der Waals surface area contributed by atoms with Crippen molar-refractivity contribution in [2.24, 2.45) is 11.8 Å². The maximum atomic E-state index is 13.6. The van der Waals surface area contributed by atoms with E-state index < -0.39 is 23.2 Å². The normalized spacial score (nSPS) is 19.8. The number of amides is 2. The quantitative estimate of drug-likeness (QED) is 0.853. The summed E-state index contributed by atoms with van der Waals surface area (Å²) in [6.45, 7) is 0.332. The molecule has 1 aliphatic carbocycles. The highest BCUT2D eigenvalue weighted by atomic mass is 19.1. The van der Waals surface area contributed by atoms with E-state index >= 15 is 0 Å². The minimum absolute atomic E-state index is 0.0691. The van der Waals surface area contributed by atoms with Crippen LogP contribution in [0.4, 0.5) is 14.5 Å². The summed E-state index contributed by atoms with van der Waals surface area (Å²) >= 11 is 0. The van der Waals surface area contributed by atoms with E-state index in [2.05, 4.69) is 10.6 Å². The van der Waals surface area contributed by atoms with Gasteiger partial charge in [-0.15, -0.1) is 0 Å². The lowest BCUT2D eigenvalue weighted by molar-refractivity contribution is -0.128. The van der Waals surface area contributed by atoms with Crippen molar-refractivity contribution in [1.29, 1.82) is 0 Å². The van der Waals surface area contributed by atoms with Crippen LogP contribution in [0, 0.1) is 23.5 Å². The first-order chi connectivity index (χ1) is 12.5. The largest absolute Gasteiger partial charge is 0.467 e. The lowest BCUT2D eigenvalue weighted by atomic mass is 9.81. The highest BCUT2D eigenvalue weighted by Crippen LogP contribution is 2.30. The molecule has 1 aromatic heterocycles. The molecule has 2 aromatic rings. The SMILES string of the molecule is O=C(NCc1ccco1)C1CCC(C(=O)Nc2c(F)cccc2F)CC1. The van der Waals surface area contributed by atoms with E-state index in [4.69, 9.17) is 4.42 Å². The fourth-order valence-electron chi connectivity index (χ4n) is 3.19. The Labute approximate surface area is 149 Å². The molecule has 7 heteroatoms. The first-order valence-electron chi connectivity index (χ1n) is 8.59. The summed E-state index contributed by atoms with van der Waals surface area (Å²) < 4.78 is 32.4. The summed E-state index contributed by atoms with van der Waals surface area (Å²) in [6, 6.07) is 6.97. The fraction of sp³-hybridized carbons (Fsp3) is 0.368. The Bertz CT molecular complexity index is 749. The van der Waals surface area contributed by atoms with Gasteiger partial charge in [0.15, 0.2) is 0 Å². The number of hydrogen-bond acceptors (Lipinski definition) is 3. The minimum atomic E-state index is -0.802. The number of halogens is 2. The molecule has 26 heavy (non-hydrogen) atoms. The summed E-state index contributed by atoms with van der Waals surface area (Å²) in [4.78, 5) is 24.5. The molecule has 2 amide bonds. The minimum Gasteiger partial charge on any atom is -0.467 e. The predicted molar refractivity (Wildman–Crippen MR) is 91.0 cm³/mol. The van der Waals surface area contributed by atoms with Crippen LogP contribution in [0.15, 0.2) is 41.0 Å². The van der Waals surface area contributed by atoms with Crippen LogP contribution in [-0.2, 0) is 16.1 Å². The van der Waals surface area contributed by atoms with E-state index in [9.17, 15) is 18.4 Å². The molecule has 0 saturated heterocycles. The zero-order valence-electron chi connectivity index (χ0n) is 14.1. The maximum Gasteiger partial charge on any atom is 0.227 e. The summed E-state index contributed by atoms with van der Waals surface area (Å²) in [5.41, 5.74) is -0.421. The van der Waals surface area contributed by atoms with Gasteiger partial charge < -0.3 is 15.1 Å². The van der Waals surface area contributed by atoms with E-state index in [1.54, 1.807) is 18.4 Å². The molecule has 1 saturated carbocycles. The molecule has 5 nitrogen and oxygen atoms in total. The van der Waals surface area contributed by atoms with Crippen molar-refractivity contribution in [3.05, 3.63) is 54.0 Å². The number of carbonyl (C=O) groups excluding carboxylic acids is 2. The Kier molecular flexibility index (Phi) is 5.65. The van der Waals surface area contributed by atoms with Crippen LogP contribution in [0.3, 0.4) is 0 Å². The van der Waals surface area contributed by atoms with E-state index in [-0.39, 0.29) is 17.7 Å². The number of anilines is 1. The first kappa shape index (κ1) is 18.1. The van der Waals surface area contributed by atoms with Crippen LogP contribution in [0.1, 0.15) is 31.4 Å². The molecule has 2 N–H and O–H groups in total. The van der Waals surface area contributed by atoms with Crippen molar-refractivity contribution in [2.45, 2.75) is 32.2 Å². The average molecular weight is 362 g/mol. The van der Waals surface area contributed by atoms with Gasteiger partial charge >= 0.3 is 0 Å². The Morgan fingerprint density at radius 2 is 1.58 bits per heavy atom. The Balaban J connectivity index is 1.48. The van der Waals surface area contributed by atoms with E-state index in [1.165, 1.54) is 6.07 Å². The van der Waals surface area contributed by atoms with Gasteiger partial charge in [0.05, 0.1) is 12.8 Å². The number of para-hydroxylation sites is 1. The van der Waals surface area contributed by atoms with Crippen LogP contribution in [-0.4, -0.2) is 11.8 Å². The van der Waals surface area contributed by atoms with Gasteiger partial charge in [0.2, 0.25) is 11.8 Å². The second-order valence-electron chi connectivity index (χ2n) is 6.43. The molecule has 1 heterocycles. The zero-order valence-corrected chi connectivity index (χ0v) is 14.1. The van der Waals surface area contributed by atoms with Gasteiger partial charge in [-0.3, -0.25) is 9.59 Å². The van der Waals surface area contributed by atoms with Crippen molar-refractivity contribution in [3.8, 4) is 0 Å². The van der Waals surface area contributed by atoms with Gasteiger partial charge in [0.1, 0.15) is 23.1 Å². The van der Waals surface area contributed by atoms with Gasteiger partial charge in [-0.05, 0) is 49.9 Å². The lowest BCUT2D eigenvalue weighted by Gasteiger charge is -2.27. The van der Waals surface area contributed by atoms with Crippen LogP contribution in [0.25, 0.3) is 0 Å². The van der Waals surface area contributed by atoms with Crippen molar-refractivity contribution in [3.63, 3.8) is 0 Å². The van der Waals surface area contributed by atoms with Crippen molar-refractivity contribution >= 4 is 17.5 Å². The van der Waals surface area contributed by atoms with Gasteiger partial charge in [0.25, 0.3) is 0 Å². The molecule has 1 aliphatic rings. The Morgan fingerprint density at radius 3 is 2.15 bits per heavy atom. The topological polar surface area (TPSA) is 71.3 Å². The van der Waals surface area contributed by atoms with E-state index in [1.807, 2.05) is 0 Å². The number of furan rings is 1. The molecule has 0 spiro atoms. The van der Waals surface area contributed by atoms with E-state index in [0.717, 1.165) is 12.1 Å². The van der Waals surface area contributed by atoms with Crippen LogP contribution in [0.5, 0.6) is 0 Å². The smallest absolute Gasteiger partial charge is 0.227 e. The fourth-order valence-corrected chi connectivity index (χ4v) is 3.19. The van der Waals surface area contributed by atoms with Crippen LogP contribution in [0.2, 0.25) is 0 Å². The Hall–Kier alpha value is -2.70. The molecular weight excluding hydrogens is 342 g/mol. The number of benzene rings is 1. The number of hydrogen-bond donors (Lipinski definition) is 2. The molecule has 0 atom stereocenters. The standard InChI is InChI=1S/C19H20F2N2O3/c20-15-4-1-5-16(21)17(15)23-19(25)13-8-6-12(7-9-13)18(24)22-11-14-3-2-10-26-14/h1-5,10,12-13H,6-9,11H2,(H,22,24)(H,23,25). The number of carbonyl (C=O) groups is 2. The second kappa shape index (κ2) is 8.12. The summed E-state index contributed by atoms with van der Waals surface area (Å²) in [5, 5.41) is 5.16. The third-order valence-electron chi connectivity index (χ3n) is 4.70. The van der Waals surface area contributed by atoms with Crippen molar-refractivity contribution in [1.82, 2.24) is 5.32 Å². The molecule has 3 rings (SSSR count). The highest BCUT2D eigenvalue weighted by Gasteiger charge is 2.30. The molecule has 0 bridgehead atoms. The van der Waals surface area contributed by atoms with Gasteiger partial charge in [0, 0.05) is 11.8 Å². The van der Waals surface area contributed by atoms with Crippen LogP contribution >= 0.6 is 0 Å². The lowest BCUT2D eigenvalue weighted by Crippen LogP contribution is -2.35. The molecule has 138 valence electrons. The number of nitrogens with one attached hydrogen (secondary N) is 2. The van der Waals surface area contributed by atoms with Gasteiger partial charge in [-0.25, -0.2) is 8.78 Å². The maximum absolute atomic E-state index is 13.6. The summed E-state index contributed by atoms with van der Waals surface area (Å²) in [6.07, 6.45) is 3.66. The third-order valence-corrected chi connectivity index (χ3v) is 4.70. The predicted octanol–water partition coefficient (Wildman–Crippen LogP) is 3.62. The summed E-state index contributed by atoms with van der Waals surface area (Å²) in [7, 11) is 0. The molecular formula is C19H20F2N2O3. The second-order valence-corrected chi connectivity index (χ2v) is 6.43. The van der Waals surface area contributed by atoms with Crippen molar-refractivity contribution in [2.75, 3.05) is 5.32 Å². The molecule has 0 radical (unpaired) electrons. The Morgan fingerprint density at radius 1 is 0.962 bits per heavy atom. The van der Waals surface area contributed by atoms with E-state index in [0.29, 0.717) is 38.0 Å². The van der Waals surface area contributed by atoms with Crippen molar-refractivity contribution < 1.29 is 22.8 Å². The average Bonchev–Trinajstić information content (AvgIpc) is 3.16. The molecule has 0 aliphatic heterocycles. The zero-order chi connectivity index (χ0) is 18.5. The third kappa shape index (κ3) is 4.28. The first-order valence-corrected chi connectivity index (χ1v) is 8.59. The number of rotatable bonds is 5. The molecule has 1 fully saturated rings.